The molecule has 29 heavy (non-hydrogen) atoms. The number of benzene rings is 2. The number of anilines is 1. The van der Waals surface area contributed by atoms with Gasteiger partial charge in [0.15, 0.2) is 0 Å². The van der Waals surface area contributed by atoms with Crippen molar-refractivity contribution in [3.63, 3.8) is 0 Å². The minimum atomic E-state index is -0.429. The lowest BCUT2D eigenvalue weighted by Gasteiger charge is -2.28. The lowest BCUT2D eigenvalue weighted by atomic mass is 10.1. The Hall–Kier alpha value is -2.38. The zero-order chi connectivity index (χ0) is 21.0. The summed E-state index contributed by atoms with van der Waals surface area (Å²) in [4.78, 5) is 40.5. The van der Waals surface area contributed by atoms with Crippen LogP contribution in [0.1, 0.15) is 40.5 Å². The standard InChI is InChI=1S/C21H20BrClN2O4/c1-2-29-21(28)14-5-8-16(9-6-14)25(13-24-11-3-4-19(24)26)20(27)17-12-15(22)7-10-18(17)23/h5-10,12H,2-4,11,13H2,1H3. The van der Waals surface area contributed by atoms with Crippen LogP contribution < -0.4 is 4.90 Å². The molecule has 1 saturated heterocycles. The van der Waals surface area contributed by atoms with Crippen LogP contribution in [-0.4, -0.2) is 42.5 Å². The minimum Gasteiger partial charge on any atom is -0.462 e. The molecule has 2 amide bonds. The van der Waals surface area contributed by atoms with E-state index in [2.05, 4.69) is 15.9 Å². The molecule has 1 aliphatic rings. The maximum Gasteiger partial charge on any atom is 0.338 e. The Morgan fingerprint density at radius 1 is 1.21 bits per heavy atom. The molecule has 3 rings (SSSR count). The summed E-state index contributed by atoms with van der Waals surface area (Å²) >= 11 is 9.62. The van der Waals surface area contributed by atoms with Crippen LogP contribution in [0.5, 0.6) is 0 Å². The highest BCUT2D eigenvalue weighted by atomic mass is 79.9. The highest BCUT2D eigenvalue weighted by molar-refractivity contribution is 9.10. The van der Waals surface area contributed by atoms with Crippen molar-refractivity contribution >= 4 is 51.0 Å². The van der Waals surface area contributed by atoms with Gasteiger partial charge in [-0.05, 0) is 55.8 Å². The molecule has 1 fully saturated rings. The molecule has 2 aromatic carbocycles. The molecule has 0 bridgehead atoms. The van der Waals surface area contributed by atoms with Crippen LogP contribution in [0.3, 0.4) is 0 Å². The van der Waals surface area contributed by atoms with Crippen LogP contribution in [0.4, 0.5) is 5.69 Å². The van der Waals surface area contributed by atoms with E-state index in [0.29, 0.717) is 34.8 Å². The Kier molecular flexibility index (Phi) is 6.92. The molecule has 0 aromatic heterocycles. The van der Waals surface area contributed by atoms with Crippen LogP contribution in [0.15, 0.2) is 46.9 Å². The van der Waals surface area contributed by atoms with Crippen LogP contribution >= 0.6 is 27.5 Å². The first kappa shape index (κ1) is 21.3. The lowest BCUT2D eigenvalue weighted by Crippen LogP contribution is -2.42. The zero-order valence-corrected chi connectivity index (χ0v) is 18.2. The third-order valence-electron chi connectivity index (χ3n) is 4.58. The van der Waals surface area contributed by atoms with Gasteiger partial charge in [-0.1, -0.05) is 27.5 Å². The summed E-state index contributed by atoms with van der Waals surface area (Å²) < 4.78 is 5.72. The fourth-order valence-electron chi connectivity index (χ4n) is 3.09. The van der Waals surface area contributed by atoms with Gasteiger partial charge in [-0.3, -0.25) is 14.5 Å². The van der Waals surface area contributed by atoms with E-state index in [1.54, 1.807) is 54.3 Å². The summed E-state index contributed by atoms with van der Waals surface area (Å²) in [6.45, 7) is 2.72. The summed E-state index contributed by atoms with van der Waals surface area (Å²) in [7, 11) is 0. The Balaban J connectivity index is 1.94. The number of esters is 1. The van der Waals surface area contributed by atoms with Crippen LogP contribution in [0, 0.1) is 0 Å². The first-order chi connectivity index (χ1) is 13.9. The largest absolute Gasteiger partial charge is 0.462 e. The van der Waals surface area contributed by atoms with E-state index in [0.717, 1.165) is 10.9 Å². The summed E-state index contributed by atoms with van der Waals surface area (Å²) in [5.41, 5.74) is 1.27. The van der Waals surface area contributed by atoms with Gasteiger partial charge in [-0.15, -0.1) is 0 Å². The second-order valence-electron chi connectivity index (χ2n) is 6.53. The molecule has 2 aromatic rings. The molecule has 0 aliphatic carbocycles. The number of ether oxygens (including phenoxy) is 1. The predicted octanol–water partition coefficient (Wildman–Crippen LogP) is 4.51. The minimum absolute atomic E-state index is 0.00582. The molecule has 0 N–H and O–H groups in total. The first-order valence-electron chi connectivity index (χ1n) is 9.22. The van der Waals surface area contributed by atoms with Gasteiger partial charge in [0.2, 0.25) is 5.91 Å². The summed E-state index contributed by atoms with van der Waals surface area (Å²) in [5.74, 6) is -0.757. The fourth-order valence-corrected chi connectivity index (χ4v) is 3.65. The Morgan fingerprint density at radius 2 is 1.93 bits per heavy atom. The molecule has 0 saturated carbocycles. The van der Waals surface area contributed by atoms with Crippen LogP contribution in [0.25, 0.3) is 0 Å². The van der Waals surface area contributed by atoms with E-state index in [9.17, 15) is 14.4 Å². The van der Waals surface area contributed by atoms with E-state index in [1.807, 2.05) is 0 Å². The van der Waals surface area contributed by atoms with Crippen molar-refractivity contribution < 1.29 is 19.1 Å². The van der Waals surface area contributed by atoms with Crippen LogP contribution in [-0.2, 0) is 9.53 Å². The average molecular weight is 480 g/mol. The number of rotatable bonds is 6. The maximum atomic E-state index is 13.3. The Labute approximate surface area is 182 Å². The van der Waals surface area contributed by atoms with Gasteiger partial charge in [0.05, 0.1) is 22.8 Å². The van der Waals surface area contributed by atoms with Crippen molar-refractivity contribution in [2.75, 3.05) is 24.7 Å². The number of amides is 2. The molecule has 1 aliphatic heterocycles. The molecular formula is C21H20BrClN2O4. The molecular weight excluding hydrogens is 460 g/mol. The van der Waals surface area contributed by atoms with Crippen molar-refractivity contribution in [2.45, 2.75) is 19.8 Å². The summed E-state index contributed by atoms with van der Waals surface area (Å²) in [6, 6.07) is 11.6. The predicted molar refractivity (Wildman–Crippen MR) is 114 cm³/mol. The fraction of sp³-hybridized carbons (Fsp3) is 0.286. The van der Waals surface area contributed by atoms with E-state index in [-0.39, 0.29) is 25.1 Å². The third kappa shape index (κ3) is 4.97. The number of carbonyl (C=O) groups is 3. The number of hydrogen-bond acceptors (Lipinski definition) is 4. The molecule has 152 valence electrons. The van der Waals surface area contributed by atoms with Gasteiger partial charge >= 0.3 is 5.97 Å². The Bertz CT molecular complexity index is 933. The van der Waals surface area contributed by atoms with Gasteiger partial charge in [0.25, 0.3) is 5.91 Å². The Morgan fingerprint density at radius 3 is 2.55 bits per heavy atom. The van der Waals surface area contributed by atoms with Gasteiger partial charge < -0.3 is 9.64 Å². The second-order valence-corrected chi connectivity index (χ2v) is 7.85. The normalized spacial score (nSPS) is 13.5. The number of carbonyl (C=O) groups excluding carboxylic acids is 3. The van der Waals surface area contributed by atoms with Gasteiger partial charge in [-0.2, -0.15) is 0 Å². The first-order valence-corrected chi connectivity index (χ1v) is 10.4. The zero-order valence-electron chi connectivity index (χ0n) is 15.9. The van der Waals surface area contributed by atoms with Crippen molar-refractivity contribution in [2.24, 2.45) is 0 Å². The van der Waals surface area contributed by atoms with Crippen molar-refractivity contribution in [3.05, 3.63) is 63.1 Å². The lowest BCUT2D eigenvalue weighted by molar-refractivity contribution is -0.127. The molecule has 8 heteroatoms. The van der Waals surface area contributed by atoms with Crippen molar-refractivity contribution in [3.8, 4) is 0 Å². The smallest absolute Gasteiger partial charge is 0.338 e. The number of halogens is 2. The molecule has 0 radical (unpaired) electrons. The van der Waals surface area contributed by atoms with E-state index >= 15 is 0 Å². The SMILES string of the molecule is CCOC(=O)c1ccc(N(CN2CCCC2=O)C(=O)c2cc(Br)ccc2Cl)cc1. The molecule has 0 spiro atoms. The topological polar surface area (TPSA) is 66.9 Å². The highest BCUT2D eigenvalue weighted by Gasteiger charge is 2.27. The van der Waals surface area contributed by atoms with Crippen molar-refractivity contribution in [1.82, 2.24) is 4.90 Å². The van der Waals surface area contributed by atoms with E-state index in [4.69, 9.17) is 16.3 Å². The average Bonchev–Trinajstić information content (AvgIpc) is 3.12. The summed E-state index contributed by atoms with van der Waals surface area (Å²) in [5, 5.41) is 0.319. The van der Waals surface area contributed by atoms with Crippen molar-refractivity contribution in [1.29, 1.82) is 0 Å². The quantitative estimate of drug-likeness (QED) is 0.572. The molecule has 0 atom stereocenters. The number of nitrogens with zero attached hydrogens (tertiary/aromatic N) is 2. The number of likely N-dealkylation sites (tertiary alicyclic amines) is 1. The van der Waals surface area contributed by atoms with E-state index < -0.39 is 5.97 Å². The van der Waals surface area contributed by atoms with E-state index in [1.165, 1.54) is 4.90 Å². The molecule has 1 heterocycles. The molecule has 6 nitrogen and oxygen atoms in total. The highest BCUT2D eigenvalue weighted by Crippen LogP contribution is 2.26. The maximum absolute atomic E-state index is 13.3. The van der Waals surface area contributed by atoms with Gasteiger partial charge in [0.1, 0.15) is 6.67 Å². The van der Waals surface area contributed by atoms with Gasteiger partial charge in [-0.25, -0.2) is 4.79 Å². The second kappa shape index (κ2) is 9.41. The van der Waals surface area contributed by atoms with Gasteiger partial charge in [0, 0.05) is 23.1 Å². The summed E-state index contributed by atoms with van der Waals surface area (Å²) in [6.07, 6.45) is 1.24. The molecule has 0 unspecified atom stereocenters. The third-order valence-corrected chi connectivity index (χ3v) is 5.40. The number of hydrogen-bond donors (Lipinski definition) is 0. The monoisotopic (exact) mass is 478 g/mol. The van der Waals surface area contributed by atoms with Crippen LogP contribution in [0.2, 0.25) is 5.02 Å².